The van der Waals surface area contributed by atoms with Crippen LogP contribution in [0.4, 0.5) is 5.95 Å². The third-order valence-electron chi connectivity index (χ3n) is 1.80. The highest BCUT2D eigenvalue weighted by Crippen LogP contribution is 2.21. The average Bonchev–Trinajstić information content (AvgIpc) is 2.18. The molecule has 0 unspecified atom stereocenters. The van der Waals surface area contributed by atoms with Crippen LogP contribution in [0.2, 0.25) is 0 Å². The molecule has 1 N–H and O–H groups in total. The largest absolute Gasteiger partial charge is 0.357 e. The molecular weight excluding hydrogens is 230 g/mol. The van der Waals surface area contributed by atoms with Crippen molar-refractivity contribution in [2.45, 2.75) is 0 Å². The van der Waals surface area contributed by atoms with Crippen molar-refractivity contribution in [2.24, 2.45) is 0 Å². The van der Waals surface area contributed by atoms with Crippen molar-refractivity contribution in [3.05, 3.63) is 28.9 Å². The average molecular weight is 238 g/mol. The Morgan fingerprint density at radius 1 is 1.38 bits per heavy atom. The van der Waals surface area contributed by atoms with Gasteiger partial charge in [0.15, 0.2) is 0 Å². The van der Waals surface area contributed by atoms with Crippen molar-refractivity contribution in [2.75, 3.05) is 12.4 Å². The summed E-state index contributed by atoms with van der Waals surface area (Å²) in [5, 5.41) is 3.93. The lowest BCUT2D eigenvalue weighted by Gasteiger charge is -2.01. The first-order valence-electron chi connectivity index (χ1n) is 3.90. The smallest absolute Gasteiger partial charge is 0.222 e. The molecule has 0 spiro atoms. The molecule has 0 aliphatic rings. The molecule has 0 radical (unpaired) electrons. The third kappa shape index (κ3) is 1.49. The second-order valence-corrected chi connectivity index (χ2v) is 3.47. The fourth-order valence-electron chi connectivity index (χ4n) is 1.14. The normalized spacial score (nSPS) is 10.3. The van der Waals surface area contributed by atoms with E-state index in [1.807, 2.05) is 18.2 Å². The Bertz CT molecular complexity index is 442. The zero-order chi connectivity index (χ0) is 9.26. The second kappa shape index (κ2) is 3.30. The molecule has 0 saturated carbocycles. The molecule has 0 bridgehead atoms. The summed E-state index contributed by atoms with van der Waals surface area (Å²) in [6.45, 7) is 0. The summed E-state index contributed by atoms with van der Waals surface area (Å²) in [5.74, 6) is 0.644. The van der Waals surface area contributed by atoms with Gasteiger partial charge in [0.05, 0.1) is 5.52 Å². The number of benzene rings is 1. The van der Waals surface area contributed by atoms with E-state index in [0.29, 0.717) is 5.95 Å². The maximum atomic E-state index is 4.30. The molecule has 0 aliphatic heterocycles. The van der Waals surface area contributed by atoms with Crippen LogP contribution < -0.4 is 5.32 Å². The number of halogens is 1. The summed E-state index contributed by atoms with van der Waals surface area (Å²) in [6, 6.07) is 5.90. The lowest BCUT2D eigenvalue weighted by Crippen LogP contribution is -1.95. The van der Waals surface area contributed by atoms with E-state index in [0.717, 1.165) is 15.4 Å². The lowest BCUT2D eigenvalue weighted by atomic mass is 10.2. The van der Waals surface area contributed by atoms with Crippen molar-refractivity contribution in [1.82, 2.24) is 9.97 Å². The van der Waals surface area contributed by atoms with Crippen LogP contribution >= 0.6 is 15.9 Å². The topological polar surface area (TPSA) is 37.8 Å². The van der Waals surface area contributed by atoms with Gasteiger partial charge in [-0.05, 0) is 12.1 Å². The second-order valence-electron chi connectivity index (χ2n) is 2.62. The first-order valence-corrected chi connectivity index (χ1v) is 4.69. The minimum atomic E-state index is 0.644. The highest BCUT2D eigenvalue weighted by Gasteiger charge is 2.00. The summed E-state index contributed by atoms with van der Waals surface area (Å²) in [5.41, 5.74) is 0.939. The predicted molar refractivity (Wildman–Crippen MR) is 56.8 cm³/mol. The van der Waals surface area contributed by atoms with Gasteiger partial charge in [0.25, 0.3) is 0 Å². The molecule has 0 fully saturated rings. The molecule has 1 heterocycles. The monoisotopic (exact) mass is 237 g/mol. The minimum absolute atomic E-state index is 0.644. The zero-order valence-corrected chi connectivity index (χ0v) is 8.67. The number of hydrogen-bond acceptors (Lipinski definition) is 3. The predicted octanol–water partition coefficient (Wildman–Crippen LogP) is 2.43. The lowest BCUT2D eigenvalue weighted by molar-refractivity contribution is 1.19. The van der Waals surface area contributed by atoms with Crippen LogP contribution in [0.25, 0.3) is 10.9 Å². The highest BCUT2D eigenvalue weighted by molar-refractivity contribution is 9.10. The van der Waals surface area contributed by atoms with Crippen LogP contribution in [0.1, 0.15) is 0 Å². The van der Waals surface area contributed by atoms with Gasteiger partial charge >= 0.3 is 0 Å². The van der Waals surface area contributed by atoms with Gasteiger partial charge in [0.1, 0.15) is 0 Å². The molecule has 13 heavy (non-hydrogen) atoms. The number of nitrogens with one attached hydrogen (secondary N) is 1. The van der Waals surface area contributed by atoms with E-state index in [1.165, 1.54) is 0 Å². The summed E-state index contributed by atoms with van der Waals surface area (Å²) in [4.78, 5) is 8.44. The quantitative estimate of drug-likeness (QED) is 0.829. The number of aromatic nitrogens is 2. The minimum Gasteiger partial charge on any atom is -0.357 e. The summed E-state index contributed by atoms with van der Waals surface area (Å²) >= 11 is 3.44. The van der Waals surface area contributed by atoms with Gasteiger partial charge in [0.2, 0.25) is 5.95 Å². The van der Waals surface area contributed by atoms with Gasteiger partial charge in [-0.1, -0.05) is 22.0 Å². The summed E-state index contributed by atoms with van der Waals surface area (Å²) < 4.78 is 1.02. The van der Waals surface area contributed by atoms with Gasteiger partial charge in [-0.25, -0.2) is 9.97 Å². The van der Waals surface area contributed by atoms with Crippen molar-refractivity contribution in [3.63, 3.8) is 0 Å². The van der Waals surface area contributed by atoms with Crippen molar-refractivity contribution in [3.8, 4) is 0 Å². The SMILES string of the molecule is CNc1ncc2c(Br)cccc2n1. The van der Waals surface area contributed by atoms with E-state index in [2.05, 4.69) is 31.2 Å². The van der Waals surface area contributed by atoms with Crippen LogP contribution in [0.15, 0.2) is 28.9 Å². The molecule has 3 nitrogen and oxygen atoms in total. The van der Waals surface area contributed by atoms with E-state index in [9.17, 15) is 0 Å². The van der Waals surface area contributed by atoms with E-state index in [4.69, 9.17) is 0 Å². The van der Waals surface area contributed by atoms with Crippen LogP contribution in [0, 0.1) is 0 Å². The Morgan fingerprint density at radius 3 is 3.00 bits per heavy atom. The van der Waals surface area contributed by atoms with Gasteiger partial charge < -0.3 is 5.32 Å². The zero-order valence-electron chi connectivity index (χ0n) is 7.08. The highest BCUT2D eigenvalue weighted by atomic mass is 79.9. The van der Waals surface area contributed by atoms with Crippen LogP contribution in [-0.2, 0) is 0 Å². The molecule has 2 rings (SSSR count). The Labute approximate surface area is 84.3 Å². The molecule has 0 amide bonds. The fourth-order valence-corrected chi connectivity index (χ4v) is 1.60. The Kier molecular flexibility index (Phi) is 2.14. The van der Waals surface area contributed by atoms with Gasteiger partial charge in [0, 0.05) is 23.1 Å². The molecule has 1 aromatic carbocycles. The number of fused-ring (bicyclic) bond motifs is 1. The van der Waals surface area contributed by atoms with Crippen LogP contribution in [0.5, 0.6) is 0 Å². The van der Waals surface area contributed by atoms with E-state index in [1.54, 1.807) is 13.2 Å². The number of anilines is 1. The van der Waals surface area contributed by atoms with E-state index in [-0.39, 0.29) is 0 Å². The summed E-state index contributed by atoms with van der Waals surface area (Å²) in [6.07, 6.45) is 1.80. The van der Waals surface area contributed by atoms with Gasteiger partial charge in [-0.2, -0.15) is 0 Å². The standard InChI is InChI=1S/C9H8BrN3/c1-11-9-12-5-6-7(10)3-2-4-8(6)13-9/h2-5H,1H3,(H,11,12,13). The van der Waals surface area contributed by atoms with Crippen LogP contribution in [-0.4, -0.2) is 17.0 Å². The maximum Gasteiger partial charge on any atom is 0.222 e. The molecular formula is C9H8BrN3. The summed E-state index contributed by atoms with van der Waals surface area (Å²) in [7, 11) is 1.80. The van der Waals surface area contributed by atoms with Gasteiger partial charge in [-0.3, -0.25) is 0 Å². The fraction of sp³-hybridized carbons (Fsp3) is 0.111. The van der Waals surface area contributed by atoms with Crippen molar-refractivity contribution in [1.29, 1.82) is 0 Å². The number of nitrogens with zero attached hydrogens (tertiary/aromatic N) is 2. The molecule has 0 atom stereocenters. The van der Waals surface area contributed by atoms with E-state index < -0.39 is 0 Å². The number of hydrogen-bond donors (Lipinski definition) is 1. The molecule has 0 saturated heterocycles. The van der Waals surface area contributed by atoms with Crippen molar-refractivity contribution >= 4 is 32.8 Å². The molecule has 2 aromatic rings. The Balaban J connectivity index is 2.72. The third-order valence-corrected chi connectivity index (χ3v) is 2.49. The maximum absolute atomic E-state index is 4.30. The van der Waals surface area contributed by atoms with Crippen molar-refractivity contribution < 1.29 is 0 Å². The Hall–Kier alpha value is -1.16. The number of rotatable bonds is 1. The molecule has 1 aromatic heterocycles. The van der Waals surface area contributed by atoms with E-state index >= 15 is 0 Å². The Morgan fingerprint density at radius 2 is 2.23 bits per heavy atom. The molecule has 66 valence electrons. The molecule has 4 heteroatoms. The first-order chi connectivity index (χ1) is 6.31. The first kappa shape index (κ1) is 8.44. The van der Waals surface area contributed by atoms with Crippen LogP contribution in [0.3, 0.4) is 0 Å². The van der Waals surface area contributed by atoms with Gasteiger partial charge in [-0.15, -0.1) is 0 Å². The molecule has 0 aliphatic carbocycles.